The van der Waals surface area contributed by atoms with Gasteiger partial charge in [0.2, 0.25) is 9.84 Å². The van der Waals surface area contributed by atoms with E-state index in [9.17, 15) is 8.42 Å². The molecule has 0 saturated carbocycles. The van der Waals surface area contributed by atoms with Crippen LogP contribution >= 0.6 is 0 Å². The van der Waals surface area contributed by atoms with E-state index >= 15 is 0 Å². The predicted molar refractivity (Wildman–Crippen MR) is 72.5 cm³/mol. The summed E-state index contributed by atoms with van der Waals surface area (Å²) in [6, 6.07) is 13.3. The number of sulfone groups is 1. The summed E-state index contributed by atoms with van der Waals surface area (Å²) in [5.74, 6) is 0. The van der Waals surface area contributed by atoms with Crippen molar-refractivity contribution in [2.24, 2.45) is 0 Å². The van der Waals surface area contributed by atoms with Gasteiger partial charge in [-0.3, -0.25) is 0 Å². The molecule has 0 heterocycles. The van der Waals surface area contributed by atoms with Crippen molar-refractivity contribution in [2.75, 3.05) is 0 Å². The van der Waals surface area contributed by atoms with Crippen molar-refractivity contribution < 1.29 is 8.42 Å². The second-order valence-corrected chi connectivity index (χ2v) is 6.35. The Balaban J connectivity index is 2.64. The number of rotatable bonds is 2. The standard InChI is InChI=1S/C15H13NO2S/c1-11-3-6-14(7-4-11)19(17,18)15-8-5-12(2)9-13(15)10-16/h3-9H,1-2H3. The van der Waals surface area contributed by atoms with Crippen LogP contribution in [-0.2, 0) is 9.84 Å². The minimum atomic E-state index is -3.64. The average molecular weight is 271 g/mol. The summed E-state index contributed by atoms with van der Waals surface area (Å²) in [7, 11) is -3.64. The molecule has 0 aliphatic rings. The fourth-order valence-electron chi connectivity index (χ4n) is 1.81. The Labute approximate surface area is 113 Å². The Morgan fingerprint density at radius 1 is 0.947 bits per heavy atom. The van der Waals surface area contributed by atoms with Gasteiger partial charge < -0.3 is 0 Å². The lowest BCUT2D eigenvalue weighted by Crippen LogP contribution is -2.04. The zero-order valence-electron chi connectivity index (χ0n) is 10.7. The third-order valence-corrected chi connectivity index (χ3v) is 4.70. The highest BCUT2D eigenvalue weighted by Gasteiger charge is 2.21. The molecular formula is C15H13NO2S. The molecule has 0 saturated heterocycles. The Morgan fingerprint density at radius 3 is 2.11 bits per heavy atom. The van der Waals surface area contributed by atoms with Gasteiger partial charge in [-0.2, -0.15) is 5.26 Å². The summed E-state index contributed by atoms with van der Waals surface area (Å²) in [4.78, 5) is 0.267. The Hall–Kier alpha value is -2.12. The van der Waals surface area contributed by atoms with Crippen LogP contribution in [0.4, 0.5) is 0 Å². The van der Waals surface area contributed by atoms with Gasteiger partial charge in [0.25, 0.3) is 0 Å². The normalized spacial score (nSPS) is 11.0. The van der Waals surface area contributed by atoms with Crippen molar-refractivity contribution in [1.29, 1.82) is 5.26 Å². The van der Waals surface area contributed by atoms with Gasteiger partial charge in [0.1, 0.15) is 6.07 Å². The molecule has 0 aliphatic carbocycles. The quantitative estimate of drug-likeness (QED) is 0.843. The van der Waals surface area contributed by atoms with E-state index in [-0.39, 0.29) is 15.4 Å². The van der Waals surface area contributed by atoms with Gasteiger partial charge in [-0.15, -0.1) is 0 Å². The maximum atomic E-state index is 12.5. The van der Waals surface area contributed by atoms with Crippen LogP contribution in [0.2, 0.25) is 0 Å². The van der Waals surface area contributed by atoms with E-state index in [1.54, 1.807) is 36.4 Å². The lowest BCUT2D eigenvalue weighted by Gasteiger charge is -2.07. The zero-order valence-corrected chi connectivity index (χ0v) is 11.5. The van der Waals surface area contributed by atoms with Gasteiger partial charge in [-0.1, -0.05) is 23.8 Å². The molecule has 4 heteroatoms. The molecular weight excluding hydrogens is 258 g/mol. The predicted octanol–water partition coefficient (Wildman–Crippen LogP) is 3.01. The third-order valence-electron chi connectivity index (χ3n) is 2.88. The van der Waals surface area contributed by atoms with Crippen LogP contribution in [0.5, 0.6) is 0 Å². The second-order valence-electron chi connectivity index (χ2n) is 4.43. The smallest absolute Gasteiger partial charge is 0.207 e. The van der Waals surface area contributed by atoms with Crippen molar-refractivity contribution in [3.05, 3.63) is 59.2 Å². The first-order chi connectivity index (χ1) is 8.95. The van der Waals surface area contributed by atoms with E-state index in [1.165, 1.54) is 6.07 Å². The van der Waals surface area contributed by atoms with Crippen LogP contribution < -0.4 is 0 Å². The van der Waals surface area contributed by atoms with Crippen LogP contribution in [0, 0.1) is 25.2 Å². The fourth-order valence-corrected chi connectivity index (χ4v) is 3.20. The lowest BCUT2D eigenvalue weighted by molar-refractivity contribution is 0.596. The first-order valence-electron chi connectivity index (χ1n) is 5.77. The molecule has 0 N–H and O–H groups in total. The molecule has 2 rings (SSSR count). The molecule has 3 nitrogen and oxygen atoms in total. The highest BCUT2D eigenvalue weighted by molar-refractivity contribution is 7.91. The summed E-state index contributed by atoms with van der Waals surface area (Å²) in [6.45, 7) is 3.71. The van der Waals surface area contributed by atoms with Gasteiger partial charge in [-0.25, -0.2) is 8.42 Å². The number of aryl methyl sites for hydroxylation is 2. The average Bonchev–Trinajstić information content (AvgIpc) is 2.38. The molecule has 96 valence electrons. The van der Waals surface area contributed by atoms with Gasteiger partial charge in [0, 0.05) is 0 Å². The van der Waals surface area contributed by atoms with Gasteiger partial charge in [0.05, 0.1) is 15.4 Å². The molecule has 0 radical (unpaired) electrons. The number of hydrogen-bond donors (Lipinski definition) is 0. The SMILES string of the molecule is Cc1ccc(S(=O)(=O)c2ccc(C)cc2C#N)cc1. The van der Waals surface area contributed by atoms with Crippen molar-refractivity contribution >= 4 is 9.84 Å². The van der Waals surface area contributed by atoms with Crippen LogP contribution in [0.1, 0.15) is 16.7 Å². The monoisotopic (exact) mass is 271 g/mol. The van der Waals surface area contributed by atoms with Crippen LogP contribution in [0.15, 0.2) is 52.3 Å². The zero-order chi connectivity index (χ0) is 14.0. The molecule has 2 aromatic rings. The van der Waals surface area contributed by atoms with E-state index < -0.39 is 9.84 Å². The second kappa shape index (κ2) is 4.87. The van der Waals surface area contributed by atoms with E-state index in [4.69, 9.17) is 5.26 Å². The highest BCUT2D eigenvalue weighted by atomic mass is 32.2. The number of nitriles is 1. The maximum absolute atomic E-state index is 12.5. The number of hydrogen-bond acceptors (Lipinski definition) is 3. The minimum Gasteiger partial charge on any atom is -0.218 e. The molecule has 2 aromatic carbocycles. The molecule has 0 amide bonds. The molecule has 0 bridgehead atoms. The Bertz CT molecular complexity index is 754. The van der Waals surface area contributed by atoms with Crippen molar-refractivity contribution in [1.82, 2.24) is 0 Å². The van der Waals surface area contributed by atoms with E-state index in [0.29, 0.717) is 0 Å². The highest BCUT2D eigenvalue weighted by Crippen LogP contribution is 2.24. The molecule has 0 spiro atoms. The van der Waals surface area contributed by atoms with E-state index in [0.717, 1.165) is 11.1 Å². The summed E-state index contributed by atoms with van der Waals surface area (Å²) >= 11 is 0. The molecule has 0 aromatic heterocycles. The Kier molecular flexibility index (Phi) is 3.41. The van der Waals surface area contributed by atoms with E-state index in [1.807, 2.05) is 19.9 Å². The lowest BCUT2D eigenvalue weighted by atomic mass is 10.2. The number of benzene rings is 2. The summed E-state index contributed by atoms with van der Waals surface area (Å²) in [5.41, 5.74) is 2.03. The van der Waals surface area contributed by atoms with Crippen molar-refractivity contribution in [2.45, 2.75) is 23.6 Å². The van der Waals surface area contributed by atoms with Gasteiger partial charge >= 0.3 is 0 Å². The summed E-state index contributed by atoms with van der Waals surface area (Å²) < 4.78 is 25.0. The molecule has 19 heavy (non-hydrogen) atoms. The summed E-state index contributed by atoms with van der Waals surface area (Å²) in [6.07, 6.45) is 0. The third kappa shape index (κ3) is 2.51. The van der Waals surface area contributed by atoms with Crippen molar-refractivity contribution in [3.63, 3.8) is 0 Å². The summed E-state index contributed by atoms with van der Waals surface area (Å²) in [5, 5.41) is 9.08. The largest absolute Gasteiger partial charge is 0.218 e. The topological polar surface area (TPSA) is 57.9 Å². The number of nitrogens with zero attached hydrogens (tertiary/aromatic N) is 1. The van der Waals surface area contributed by atoms with E-state index in [2.05, 4.69) is 0 Å². The van der Waals surface area contributed by atoms with Crippen molar-refractivity contribution in [3.8, 4) is 6.07 Å². The molecule has 0 aliphatic heterocycles. The first-order valence-corrected chi connectivity index (χ1v) is 7.26. The van der Waals surface area contributed by atoms with Crippen LogP contribution in [0.25, 0.3) is 0 Å². The minimum absolute atomic E-state index is 0.0597. The first kappa shape index (κ1) is 13.3. The molecule has 0 unspecified atom stereocenters. The fraction of sp³-hybridized carbons (Fsp3) is 0.133. The van der Waals surface area contributed by atoms with Crippen LogP contribution in [-0.4, -0.2) is 8.42 Å². The van der Waals surface area contributed by atoms with Crippen LogP contribution in [0.3, 0.4) is 0 Å². The Morgan fingerprint density at radius 2 is 1.53 bits per heavy atom. The molecule has 0 atom stereocenters. The maximum Gasteiger partial charge on any atom is 0.207 e. The molecule has 0 fully saturated rings. The van der Waals surface area contributed by atoms with Gasteiger partial charge in [-0.05, 0) is 43.7 Å². The van der Waals surface area contributed by atoms with Gasteiger partial charge in [0.15, 0.2) is 0 Å².